The molecule has 0 fully saturated rings. The zero-order valence-electron chi connectivity index (χ0n) is 11.2. The molecule has 4 heteroatoms. The number of hydrogen-bond acceptors (Lipinski definition) is 2. The van der Waals surface area contributed by atoms with E-state index in [1.54, 1.807) is 4.90 Å². The van der Waals surface area contributed by atoms with Gasteiger partial charge in [-0.2, -0.15) is 0 Å². The molecule has 1 amide bonds. The van der Waals surface area contributed by atoms with Crippen LogP contribution in [0.25, 0.3) is 0 Å². The van der Waals surface area contributed by atoms with Crippen LogP contribution in [0, 0.1) is 5.92 Å². The van der Waals surface area contributed by atoms with Crippen molar-refractivity contribution in [2.24, 2.45) is 5.92 Å². The normalized spacial score (nSPS) is 12.2. The van der Waals surface area contributed by atoms with Gasteiger partial charge >= 0.3 is 5.97 Å². The minimum absolute atomic E-state index is 0.0267. The third-order valence-electron chi connectivity index (χ3n) is 3.06. The number of amides is 1. The molecule has 1 N–H and O–H groups in total. The van der Waals surface area contributed by atoms with Crippen LogP contribution in [0.5, 0.6) is 0 Å². The fourth-order valence-corrected chi connectivity index (χ4v) is 1.84. The fraction of sp³-hybridized carbons (Fsp3) is 0.846. The number of nitrogens with zero attached hydrogens (tertiary/aromatic N) is 1. The molecule has 0 saturated carbocycles. The summed E-state index contributed by atoms with van der Waals surface area (Å²) >= 11 is 0. The highest BCUT2D eigenvalue weighted by Gasteiger charge is 2.15. The van der Waals surface area contributed by atoms with Crippen molar-refractivity contribution < 1.29 is 14.7 Å². The molecule has 17 heavy (non-hydrogen) atoms. The predicted molar refractivity (Wildman–Crippen MR) is 67.8 cm³/mol. The number of carbonyl (C=O) groups is 2. The summed E-state index contributed by atoms with van der Waals surface area (Å²) in [7, 11) is 0. The summed E-state index contributed by atoms with van der Waals surface area (Å²) in [5.41, 5.74) is 0. The summed E-state index contributed by atoms with van der Waals surface area (Å²) in [6.45, 7) is 6.80. The van der Waals surface area contributed by atoms with Gasteiger partial charge in [-0.3, -0.25) is 9.59 Å². The third kappa shape index (κ3) is 7.77. The Morgan fingerprint density at radius 3 is 2.35 bits per heavy atom. The molecule has 100 valence electrons. The number of aliphatic carboxylic acids is 1. The monoisotopic (exact) mass is 243 g/mol. The van der Waals surface area contributed by atoms with Crippen LogP contribution >= 0.6 is 0 Å². The van der Waals surface area contributed by atoms with E-state index in [9.17, 15) is 9.59 Å². The highest BCUT2D eigenvalue weighted by atomic mass is 16.4. The Bertz CT molecular complexity index is 241. The van der Waals surface area contributed by atoms with Crippen molar-refractivity contribution in [1.29, 1.82) is 0 Å². The molecular formula is C13H25NO3. The Kier molecular flexibility index (Phi) is 8.46. The lowest BCUT2D eigenvalue weighted by molar-refractivity contribution is -0.138. The van der Waals surface area contributed by atoms with Crippen LogP contribution in [-0.2, 0) is 9.59 Å². The van der Waals surface area contributed by atoms with Crippen molar-refractivity contribution in [3.05, 3.63) is 0 Å². The van der Waals surface area contributed by atoms with E-state index in [2.05, 4.69) is 13.8 Å². The molecule has 1 atom stereocenters. The lowest BCUT2D eigenvalue weighted by atomic mass is 9.98. The van der Waals surface area contributed by atoms with Crippen LogP contribution in [0.15, 0.2) is 0 Å². The molecule has 0 aromatic rings. The molecule has 0 aliphatic carbocycles. The van der Waals surface area contributed by atoms with Crippen LogP contribution in [-0.4, -0.2) is 35.0 Å². The number of carboxylic acid groups (broad SMARTS) is 1. The Balaban J connectivity index is 4.19. The van der Waals surface area contributed by atoms with Crippen LogP contribution in [0.3, 0.4) is 0 Å². The predicted octanol–water partition coefficient (Wildman–Crippen LogP) is 2.53. The summed E-state index contributed by atoms with van der Waals surface area (Å²) < 4.78 is 0. The van der Waals surface area contributed by atoms with E-state index in [-0.39, 0.29) is 12.3 Å². The third-order valence-corrected chi connectivity index (χ3v) is 3.06. The van der Waals surface area contributed by atoms with Gasteiger partial charge in [-0.25, -0.2) is 0 Å². The Labute approximate surface area is 104 Å². The zero-order chi connectivity index (χ0) is 13.3. The molecule has 0 aliphatic heterocycles. The standard InChI is InChI=1S/C13H25NO3/c1-4-6-7-12(5-2)10-14(11(3)15)9-8-13(16)17/h12H,4-10H2,1-3H3,(H,16,17). The van der Waals surface area contributed by atoms with E-state index in [1.807, 2.05) is 0 Å². The highest BCUT2D eigenvalue weighted by Crippen LogP contribution is 2.14. The number of carbonyl (C=O) groups excluding carboxylic acids is 1. The average molecular weight is 243 g/mol. The second kappa shape index (κ2) is 9.02. The van der Waals surface area contributed by atoms with Crippen molar-refractivity contribution in [2.75, 3.05) is 13.1 Å². The van der Waals surface area contributed by atoms with Crippen LogP contribution < -0.4 is 0 Å². The van der Waals surface area contributed by atoms with Gasteiger partial charge < -0.3 is 10.0 Å². The smallest absolute Gasteiger partial charge is 0.305 e. The van der Waals surface area contributed by atoms with E-state index in [0.29, 0.717) is 19.0 Å². The van der Waals surface area contributed by atoms with E-state index < -0.39 is 5.97 Å². The Hall–Kier alpha value is -1.06. The van der Waals surface area contributed by atoms with Gasteiger partial charge in [-0.1, -0.05) is 33.1 Å². The molecule has 0 spiro atoms. The van der Waals surface area contributed by atoms with Gasteiger partial charge in [0.25, 0.3) is 0 Å². The first kappa shape index (κ1) is 15.9. The summed E-state index contributed by atoms with van der Waals surface area (Å²) in [4.78, 5) is 23.6. The molecular weight excluding hydrogens is 218 g/mol. The first-order chi connectivity index (χ1) is 8.01. The molecule has 0 saturated heterocycles. The quantitative estimate of drug-likeness (QED) is 0.677. The minimum atomic E-state index is -0.849. The molecule has 1 unspecified atom stereocenters. The molecule has 4 nitrogen and oxygen atoms in total. The minimum Gasteiger partial charge on any atom is -0.481 e. The number of hydrogen-bond donors (Lipinski definition) is 1. The van der Waals surface area contributed by atoms with Crippen molar-refractivity contribution in [3.63, 3.8) is 0 Å². The number of rotatable bonds is 9. The zero-order valence-corrected chi connectivity index (χ0v) is 11.2. The number of unbranched alkanes of at least 4 members (excludes halogenated alkanes) is 1. The van der Waals surface area contributed by atoms with Crippen molar-refractivity contribution >= 4 is 11.9 Å². The molecule has 0 rings (SSSR count). The summed E-state index contributed by atoms with van der Waals surface area (Å²) in [6.07, 6.45) is 4.51. The second-order valence-electron chi connectivity index (χ2n) is 4.53. The van der Waals surface area contributed by atoms with E-state index in [4.69, 9.17) is 5.11 Å². The fourth-order valence-electron chi connectivity index (χ4n) is 1.84. The topological polar surface area (TPSA) is 57.6 Å². The first-order valence-corrected chi connectivity index (χ1v) is 6.48. The van der Waals surface area contributed by atoms with Crippen LogP contribution in [0.2, 0.25) is 0 Å². The molecule has 0 radical (unpaired) electrons. The van der Waals surface area contributed by atoms with Gasteiger partial charge in [0, 0.05) is 20.0 Å². The average Bonchev–Trinajstić information content (AvgIpc) is 2.27. The molecule has 0 heterocycles. The van der Waals surface area contributed by atoms with E-state index >= 15 is 0 Å². The summed E-state index contributed by atoms with van der Waals surface area (Å²) in [5.74, 6) is -0.383. The van der Waals surface area contributed by atoms with Crippen molar-refractivity contribution in [1.82, 2.24) is 4.90 Å². The lowest BCUT2D eigenvalue weighted by Gasteiger charge is -2.25. The van der Waals surface area contributed by atoms with Gasteiger partial charge in [0.15, 0.2) is 0 Å². The molecule has 0 aliphatic rings. The van der Waals surface area contributed by atoms with Crippen LogP contribution in [0.4, 0.5) is 0 Å². The van der Waals surface area contributed by atoms with Gasteiger partial charge in [-0.05, 0) is 12.3 Å². The maximum absolute atomic E-state index is 11.4. The lowest BCUT2D eigenvalue weighted by Crippen LogP contribution is -2.35. The van der Waals surface area contributed by atoms with Crippen LogP contribution in [0.1, 0.15) is 52.9 Å². The largest absolute Gasteiger partial charge is 0.481 e. The Morgan fingerprint density at radius 2 is 1.94 bits per heavy atom. The highest BCUT2D eigenvalue weighted by molar-refractivity contribution is 5.74. The van der Waals surface area contributed by atoms with E-state index in [0.717, 1.165) is 19.3 Å². The van der Waals surface area contributed by atoms with Crippen molar-refractivity contribution in [2.45, 2.75) is 52.9 Å². The van der Waals surface area contributed by atoms with Gasteiger partial charge in [0.1, 0.15) is 0 Å². The first-order valence-electron chi connectivity index (χ1n) is 6.48. The molecule has 0 aromatic carbocycles. The number of carboxylic acids is 1. The SMILES string of the molecule is CCCCC(CC)CN(CCC(=O)O)C(C)=O. The maximum atomic E-state index is 11.4. The van der Waals surface area contributed by atoms with Gasteiger partial charge in [0.2, 0.25) is 5.91 Å². The van der Waals surface area contributed by atoms with Crippen molar-refractivity contribution in [3.8, 4) is 0 Å². The molecule has 0 aromatic heterocycles. The summed E-state index contributed by atoms with van der Waals surface area (Å²) in [5, 5.41) is 8.64. The van der Waals surface area contributed by atoms with E-state index in [1.165, 1.54) is 13.3 Å². The second-order valence-corrected chi connectivity index (χ2v) is 4.53. The molecule has 0 bridgehead atoms. The maximum Gasteiger partial charge on any atom is 0.305 e. The van der Waals surface area contributed by atoms with Gasteiger partial charge in [0.05, 0.1) is 6.42 Å². The summed E-state index contributed by atoms with van der Waals surface area (Å²) in [6, 6.07) is 0. The van der Waals surface area contributed by atoms with Gasteiger partial charge in [-0.15, -0.1) is 0 Å². The Morgan fingerprint density at radius 1 is 1.29 bits per heavy atom.